The number of aliphatic hydroxyl groups is 1. The van der Waals surface area contributed by atoms with E-state index in [-0.39, 0.29) is 24.7 Å². The summed E-state index contributed by atoms with van der Waals surface area (Å²) in [6, 6.07) is 7.31. The highest BCUT2D eigenvalue weighted by atomic mass is 16.5. The summed E-state index contributed by atoms with van der Waals surface area (Å²) >= 11 is 0. The van der Waals surface area contributed by atoms with E-state index in [0.717, 1.165) is 5.56 Å². The first-order chi connectivity index (χ1) is 10.2. The van der Waals surface area contributed by atoms with Gasteiger partial charge in [-0.1, -0.05) is 19.1 Å². The van der Waals surface area contributed by atoms with E-state index in [9.17, 15) is 9.90 Å². The van der Waals surface area contributed by atoms with Crippen LogP contribution in [0.2, 0.25) is 0 Å². The van der Waals surface area contributed by atoms with Crippen LogP contribution in [-0.4, -0.2) is 29.1 Å². The number of hydrogen-bond donors (Lipinski definition) is 2. The zero-order chi connectivity index (χ0) is 16.8. The average Bonchev–Trinajstić information content (AvgIpc) is 2.37. The van der Waals surface area contributed by atoms with Crippen LogP contribution in [0.5, 0.6) is 5.75 Å². The van der Waals surface area contributed by atoms with Crippen molar-refractivity contribution in [3.63, 3.8) is 0 Å². The molecule has 1 atom stereocenters. The molecule has 1 aromatic rings. The van der Waals surface area contributed by atoms with Crippen LogP contribution in [0, 0.1) is 0 Å². The van der Waals surface area contributed by atoms with Gasteiger partial charge in [-0.15, -0.1) is 0 Å². The van der Waals surface area contributed by atoms with Gasteiger partial charge in [0, 0.05) is 0 Å². The summed E-state index contributed by atoms with van der Waals surface area (Å²) in [7, 11) is 0. The molecule has 0 aromatic heterocycles. The van der Waals surface area contributed by atoms with Gasteiger partial charge in [0.2, 0.25) is 0 Å². The molecule has 0 saturated carbocycles. The van der Waals surface area contributed by atoms with Crippen LogP contribution in [-0.2, 0) is 16.0 Å². The van der Waals surface area contributed by atoms with E-state index >= 15 is 0 Å². The summed E-state index contributed by atoms with van der Waals surface area (Å²) < 4.78 is 10.9. The van der Waals surface area contributed by atoms with Crippen molar-refractivity contribution in [3.05, 3.63) is 29.8 Å². The monoisotopic (exact) mass is 309 g/mol. The summed E-state index contributed by atoms with van der Waals surface area (Å²) in [4.78, 5) is 11.6. The third-order valence-electron chi connectivity index (χ3n) is 2.80. The predicted octanol–water partition coefficient (Wildman–Crippen LogP) is 2.61. The highest BCUT2D eigenvalue weighted by molar-refractivity contribution is 5.72. The molecule has 1 rings (SSSR count). The molecule has 1 aromatic carbocycles. The van der Waals surface area contributed by atoms with E-state index in [1.54, 1.807) is 13.8 Å². The first-order valence-corrected chi connectivity index (χ1v) is 7.64. The van der Waals surface area contributed by atoms with Crippen LogP contribution >= 0.6 is 0 Å². The van der Waals surface area contributed by atoms with Crippen LogP contribution in [0.3, 0.4) is 0 Å². The van der Waals surface area contributed by atoms with E-state index in [0.29, 0.717) is 12.2 Å². The smallest absolute Gasteiger partial charge is 0.310 e. The minimum Gasteiger partial charge on any atom is -0.475 e. The Morgan fingerprint density at radius 2 is 1.86 bits per heavy atom. The number of carbonyl (C=O) groups excluding carboxylic acids is 1. The van der Waals surface area contributed by atoms with Gasteiger partial charge >= 0.3 is 5.97 Å². The Morgan fingerprint density at radius 3 is 2.32 bits per heavy atom. The second-order valence-corrected chi connectivity index (χ2v) is 6.08. The maximum absolute atomic E-state index is 11.6. The Hall–Kier alpha value is -1.59. The summed E-state index contributed by atoms with van der Waals surface area (Å²) in [5.41, 5.74) is -0.122. The Labute approximate surface area is 132 Å². The number of nitrogens with one attached hydrogen (secondary N) is 1. The molecule has 124 valence electrons. The van der Waals surface area contributed by atoms with Crippen molar-refractivity contribution in [1.82, 2.24) is 5.32 Å². The molecule has 2 N–H and O–H groups in total. The maximum Gasteiger partial charge on any atom is 0.310 e. The van der Waals surface area contributed by atoms with E-state index < -0.39 is 5.72 Å². The Balaban J connectivity index is 2.58. The normalized spacial score (nSPS) is 13.0. The van der Waals surface area contributed by atoms with Gasteiger partial charge in [-0.05, 0) is 51.8 Å². The fourth-order valence-corrected chi connectivity index (χ4v) is 1.93. The largest absolute Gasteiger partial charge is 0.475 e. The third kappa shape index (κ3) is 7.43. The molecular weight excluding hydrogens is 282 g/mol. The molecule has 0 aliphatic rings. The predicted molar refractivity (Wildman–Crippen MR) is 85.5 cm³/mol. The molecule has 0 bridgehead atoms. The average molecular weight is 309 g/mol. The Morgan fingerprint density at radius 1 is 1.27 bits per heavy atom. The van der Waals surface area contributed by atoms with Crippen molar-refractivity contribution in [2.24, 2.45) is 0 Å². The molecule has 0 aliphatic heterocycles. The van der Waals surface area contributed by atoms with E-state index in [1.807, 2.05) is 45.0 Å². The van der Waals surface area contributed by atoms with Gasteiger partial charge < -0.3 is 14.6 Å². The first kappa shape index (κ1) is 18.5. The number of rotatable bonds is 8. The lowest BCUT2D eigenvalue weighted by Gasteiger charge is -2.27. The highest BCUT2D eigenvalue weighted by Gasteiger charge is 2.18. The van der Waals surface area contributed by atoms with Gasteiger partial charge in [0.25, 0.3) is 0 Å². The number of esters is 1. The topological polar surface area (TPSA) is 67.8 Å². The number of ether oxygens (including phenoxy) is 2. The van der Waals surface area contributed by atoms with Gasteiger partial charge in [-0.2, -0.15) is 0 Å². The molecule has 0 amide bonds. The molecular formula is C17H27NO4. The van der Waals surface area contributed by atoms with Crippen molar-refractivity contribution < 1.29 is 19.4 Å². The summed E-state index contributed by atoms with van der Waals surface area (Å²) in [6.45, 7) is 8.97. The maximum atomic E-state index is 11.6. The highest BCUT2D eigenvalue weighted by Crippen LogP contribution is 2.16. The van der Waals surface area contributed by atoms with Crippen LogP contribution < -0.4 is 10.1 Å². The van der Waals surface area contributed by atoms with Crippen molar-refractivity contribution in [2.75, 3.05) is 0 Å². The lowest BCUT2D eigenvalue weighted by Crippen LogP contribution is -2.48. The molecule has 0 aliphatic carbocycles. The zero-order valence-corrected chi connectivity index (χ0v) is 14.1. The second kappa shape index (κ2) is 8.15. The summed E-state index contributed by atoms with van der Waals surface area (Å²) in [5.74, 6) is 0.448. The van der Waals surface area contributed by atoms with E-state index in [1.165, 1.54) is 0 Å². The van der Waals surface area contributed by atoms with Gasteiger partial charge in [-0.3, -0.25) is 10.1 Å². The molecule has 0 saturated heterocycles. The van der Waals surface area contributed by atoms with Crippen LogP contribution in [0.1, 0.15) is 46.6 Å². The van der Waals surface area contributed by atoms with Crippen LogP contribution in [0.25, 0.3) is 0 Å². The van der Waals surface area contributed by atoms with Gasteiger partial charge in [-0.25, -0.2) is 0 Å². The van der Waals surface area contributed by atoms with Crippen LogP contribution in [0.15, 0.2) is 24.3 Å². The summed E-state index contributed by atoms with van der Waals surface area (Å²) in [5, 5.41) is 12.8. The Kier molecular flexibility index (Phi) is 6.84. The fourth-order valence-electron chi connectivity index (χ4n) is 1.93. The minimum absolute atomic E-state index is 0.103. The molecule has 0 radical (unpaired) electrons. The van der Waals surface area contributed by atoms with Gasteiger partial charge in [0.1, 0.15) is 11.5 Å². The number of benzene rings is 1. The van der Waals surface area contributed by atoms with Crippen molar-refractivity contribution >= 4 is 5.97 Å². The number of hydrogen-bond acceptors (Lipinski definition) is 5. The molecule has 5 nitrogen and oxygen atoms in total. The lowest BCUT2D eigenvalue weighted by molar-refractivity contribution is -0.146. The quantitative estimate of drug-likeness (QED) is 0.571. The Bertz CT molecular complexity index is 463. The molecule has 0 fully saturated rings. The molecule has 5 heteroatoms. The summed E-state index contributed by atoms with van der Waals surface area (Å²) in [6.07, 6.45) is 0.578. The fraction of sp³-hybridized carbons (Fsp3) is 0.588. The third-order valence-corrected chi connectivity index (χ3v) is 2.80. The lowest BCUT2D eigenvalue weighted by atomic mass is 10.1. The second-order valence-electron chi connectivity index (χ2n) is 6.08. The van der Waals surface area contributed by atoms with E-state index in [4.69, 9.17) is 9.47 Å². The molecule has 22 heavy (non-hydrogen) atoms. The first-order valence-electron chi connectivity index (χ1n) is 7.64. The standard InChI is InChI=1S/C17H27NO4/c1-6-15(18-17(4,5)20)22-14-9-7-13(8-10-14)11-16(19)21-12(2)3/h7-10,12,15,18,20H,6,11H2,1-5H3. The van der Waals surface area contributed by atoms with Crippen LogP contribution in [0.4, 0.5) is 0 Å². The van der Waals surface area contributed by atoms with Crippen molar-refractivity contribution in [3.8, 4) is 5.75 Å². The van der Waals surface area contributed by atoms with Gasteiger partial charge in [0.05, 0.1) is 12.5 Å². The molecule has 0 spiro atoms. The number of carbonyl (C=O) groups is 1. The molecule has 1 unspecified atom stereocenters. The van der Waals surface area contributed by atoms with Crippen molar-refractivity contribution in [1.29, 1.82) is 0 Å². The van der Waals surface area contributed by atoms with E-state index in [2.05, 4.69) is 5.32 Å². The molecule has 0 heterocycles. The minimum atomic E-state index is -0.999. The SMILES string of the molecule is CCC(NC(C)(C)O)Oc1ccc(CC(=O)OC(C)C)cc1. The zero-order valence-electron chi connectivity index (χ0n) is 14.1. The van der Waals surface area contributed by atoms with Crippen molar-refractivity contribution in [2.45, 2.75) is 65.5 Å². The van der Waals surface area contributed by atoms with Gasteiger partial charge in [0.15, 0.2) is 6.23 Å².